The SMILES string of the molecule is CCN1CCOC(C(N)Cc2ccn(C3CCCC3)n2)C1. The molecule has 2 unspecified atom stereocenters. The monoisotopic (exact) mass is 292 g/mol. The Bertz CT molecular complexity index is 441. The van der Waals surface area contributed by atoms with E-state index in [2.05, 4.69) is 28.8 Å². The van der Waals surface area contributed by atoms with Gasteiger partial charge in [-0.05, 0) is 25.5 Å². The predicted octanol–water partition coefficient (Wildman–Crippen LogP) is 1.59. The van der Waals surface area contributed by atoms with Crippen LogP contribution < -0.4 is 5.73 Å². The van der Waals surface area contributed by atoms with Crippen LogP contribution >= 0.6 is 0 Å². The number of morpholine rings is 1. The lowest BCUT2D eigenvalue weighted by Gasteiger charge is -2.34. The van der Waals surface area contributed by atoms with Gasteiger partial charge in [0.25, 0.3) is 0 Å². The third kappa shape index (κ3) is 3.65. The van der Waals surface area contributed by atoms with Crippen molar-refractivity contribution in [2.45, 2.75) is 57.2 Å². The van der Waals surface area contributed by atoms with E-state index in [0.29, 0.717) is 6.04 Å². The summed E-state index contributed by atoms with van der Waals surface area (Å²) in [5, 5.41) is 4.73. The second-order valence-electron chi connectivity index (χ2n) is 6.40. The average molecular weight is 292 g/mol. The lowest BCUT2D eigenvalue weighted by atomic mass is 10.0. The minimum absolute atomic E-state index is 0.0336. The molecule has 2 fully saturated rings. The van der Waals surface area contributed by atoms with E-state index < -0.39 is 0 Å². The Balaban J connectivity index is 1.55. The first-order chi connectivity index (χ1) is 10.3. The normalized spacial score (nSPS) is 26.3. The largest absolute Gasteiger partial charge is 0.374 e. The molecule has 5 heteroatoms. The van der Waals surface area contributed by atoms with Gasteiger partial charge in [-0.1, -0.05) is 19.8 Å². The van der Waals surface area contributed by atoms with Gasteiger partial charge in [-0.2, -0.15) is 5.10 Å². The highest BCUT2D eigenvalue weighted by atomic mass is 16.5. The van der Waals surface area contributed by atoms with Crippen LogP contribution in [0.2, 0.25) is 0 Å². The van der Waals surface area contributed by atoms with Gasteiger partial charge in [0.1, 0.15) is 0 Å². The highest BCUT2D eigenvalue weighted by Gasteiger charge is 2.26. The average Bonchev–Trinajstić information content (AvgIpc) is 3.18. The van der Waals surface area contributed by atoms with Crippen molar-refractivity contribution in [3.63, 3.8) is 0 Å². The quantitative estimate of drug-likeness (QED) is 0.895. The van der Waals surface area contributed by atoms with Gasteiger partial charge in [0, 0.05) is 31.7 Å². The number of hydrogen-bond donors (Lipinski definition) is 1. The minimum Gasteiger partial charge on any atom is -0.374 e. The van der Waals surface area contributed by atoms with Crippen LogP contribution in [0.1, 0.15) is 44.3 Å². The lowest BCUT2D eigenvalue weighted by Crippen LogP contribution is -2.51. The molecule has 21 heavy (non-hydrogen) atoms. The Labute approximate surface area is 127 Å². The van der Waals surface area contributed by atoms with Crippen LogP contribution in [0.5, 0.6) is 0 Å². The molecule has 2 aliphatic rings. The Hall–Kier alpha value is -0.910. The standard InChI is InChI=1S/C16H28N4O/c1-2-19-9-10-21-16(12-19)15(17)11-13-7-8-20(18-13)14-5-3-4-6-14/h7-8,14-16H,2-6,9-12,17H2,1H3. The first-order valence-corrected chi connectivity index (χ1v) is 8.40. The molecule has 118 valence electrons. The van der Waals surface area contributed by atoms with Gasteiger partial charge < -0.3 is 10.5 Å². The maximum Gasteiger partial charge on any atom is 0.0857 e. The number of ether oxygens (including phenoxy) is 1. The van der Waals surface area contributed by atoms with Gasteiger partial charge in [-0.15, -0.1) is 0 Å². The first kappa shape index (κ1) is 15.0. The summed E-state index contributed by atoms with van der Waals surface area (Å²) in [6.07, 6.45) is 8.27. The summed E-state index contributed by atoms with van der Waals surface area (Å²) >= 11 is 0. The molecule has 1 saturated carbocycles. The third-order valence-electron chi connectivity index (χ3n) is 4.91. The van der Waals surface area contributed by atoms with Crippen molar-refractivity contribution in [3.05, 3.63) is 18.0 Å². The molecule has 1 aliphatic carbocycles. The zero-order chi connectivity index (χ0) is 14.7. The molecule has 2 heterocycles. The van der Waals surface area contributed by atoms with Crippen LogP contribution in [-0.2, 0) is 11.2 Å². The van der Waals surface area contributed by atoms with E-state index in [0.717, 1.165) is 38.4 Å². The van der Waals surface area contributed by atoms with Crippen LogP contribution in [0, 0.1) is 0 Å². The van der Waals surface area contributed by atoms with Gasteiger partial charge in [0.05, 0.1) is 24.4 Å². The van der Waals surface area contributed by atoms with Crippen molar-refractivity contribution in [1.82, 2.24) is 14.7 Å². The summed E-state index contributed by atoms with van der Waals surface area (Å²) in [7, 11) is 0. The second kappa shape index (κ2) is 6.90. The van der Waals surface area contributed by atoms with Crippen molar-refractivity contribution in [1.29, 1.82) is 0 Å². The highest BCUT2D eigenvalue weighted by molar-refractivity contribution is 5.04. The third-order valence-corrected chi connectivity index (χ3v) is 4.91. The second-order valence-corrected chi connectivity index (χ2v) is 6.40. The molecule has 0 bridgehead atoms. The van der Waals surface area contributed by atoms with Crippen LogP contribution in [0.4, 0.5) is 0 Å². The fourth-order valence-corrected chi connectivity index (χ4v) is 3.51. The van der Waals surface area contributed by atoms with Crippen molar-refractivity contribution in [3.8, 4) is 0 Å². The number of aromatic nitrogens is 2. The molecular weight excluding hydrogens is 264 g/mol. The molecule has 0 spiro atoms. The first-order valence-electron chi connectivity index (χ1n) is 8.40. The minimum atomic E-state index is 0.0336. The van der Waals surface area contributed by atoms with E-state index in [1.165, 1.54) is 25.7 Å². The molecule has 1 aromatic heterocycles. The van der Waals surface area contributed by atoms with Crippen molar-refractivity contribution < 1.29 is 4.74 Å². The number of nitrogens with two attached hydrogens (primary N) is 1. The van der Waals surface area contributed by atoms with Crippen molar-refractivity contribution in [2.75, 3.05) is 26.2 Å². The summed E-state index contributed by atoms with van der Waals surface area (Å²) in [5.41, 5.74) is 7.46. The Kier molecular flexibility index (Phi) is 4.93. The van der Waals surface area contributed by atoms with E-state index in [9.17, 15) is 0 Å². The van der Waals surface area contributed by atoms with Gasteiger partial charge in [0.15, 0.2) is 0 Å². The zero-order valence-corrected chi connectivity index (χ0v) is 13.1. The van der Waals surface area contributed by atoms with E-state index >= 15 is 0 Å². The molecule has 1 saturated heterocycles. The van der Waals surface area contributed by atoms with E-state index in [-0.39, 0.29) is 12.1 Å². The lowest BCUT2D eigenvalue weighted by molar-refractivity contribution is -0.0386. The summed E-state index contributed by atoms with van der Waals surface area (Å²) in [4.78, 5) is 2.41. The Morgan fingerprint density at radius 3 is 3.00 bits per heavy atom. The van der Waals surface area contributed by atoms with Gasteiger partial charge >= 0.3 is 0 Å². The van der Waals surface area contributed by atoms with Gasteiger partial charge in [0.2, 0.25) is 0 Å². The van der Waals surface area contributed by atoms with Gasteiger partial charge in [-0.25, -0.2) is 0 Å². The number of likely N-dealkylation sites (N-methyl/N-ethyl adjacent to an activating group) is 1. The Morgan fingerprint density at radius 2 is 2.24 bits per heavy atom. The molecule has 0 aromatic carbocycles. The van der Waals surface area contributed by atoms with Crippen LogP contribution in [0.25, 0.3) is 0 Å². The number of hydrogen-bond acceptors (Lipinski definition) is 4. The van der Waals surface area contributed by atoms with Crippen molar-refractivity contribution in [2.24, 2.45) is 5.73 Å². The van der Waals surface area contributed by atoms with E-state index in [4.69, 9.17) is 15.6 Å². The summed E-state index contributed by atoms with van der Waals surface area (Å²) in [6, 6.07) is 2.77. The molecule has 3 rings (SSSR count). The number of rotatable bonds is 5. The van der Waals surface area contributed by atoms with E-state index in [1.54, 1.807) is 0 Å². The van der Waals surface area contributed by atoms with E-state index in [1.807, 2.05) is 0 Å². The maximum atomic E-state index is 6.36. The highest BCUT2D eigenvalue weighted by Crippen LogP contribution is 2.28. The summed E-state index contributed by atoms with van der Waals surface area (Å²) in [5.74, 6) is 0. The number of nitrogens with zero attached hydrogens (tertiary/aromatic N) is 3. The van der Waals surface area contributed by atoms with Crippen molar-refractivity contribution >= 4 is 0 Å². The molecule has 1 aliphatic heterocycles. The Morgan fingerprint density at radius 1 is 1.43 bits per heavy atom. The molecule has 2 N–H and O–H groups in total. The van der Waals surface area contributed by atoms with Crippen LogP contribution in [0.3, 0.4) is 0 Å². The topological polar surface area (TPSA) is 56.3 Å². The maximum absolute atomic E-state index is 6.36. The predicted molar refractivity (Wildman–Crippen MR) is 83.3 cm³/mol. The summed E-state index contributed by atoms with van der Waals surface area (Å²) in [6.45, 7) is 6.03. The fourth-order valence-electron chi connectivity index (χ4n) is 3.51. The van der Waals surface area contributed by atoms with Crippen LogP contribution in [0.15, 0.2) is 12.3 Å². The van der Waals surface area contributed by atoms with Crippen LogP contribution in [-0.4, -0.2) is 53.1 Å². The molecule has 1 aromatic rings. The molecule has 0 amide bonds. The molecule has 5 nitrogen and oxygen atoms in total. The molecular formula is C16H28N4O. The molecule has 0 radical (unpaired) electrons. The fraction of sp³-hybridized carbons (Fsp3) is 0.812. The smallest absolute Gasteiger partial charge is 0.0857 e. The van der Waals surface area contributed by atoms with Gasteiger partial charge in [-0.3, -0.25) is 9.58 Å². The molecule has 2 atom stereocenters. The zero-order valence-electron chi connectivity index (χ0n) is 13.1. The summed E-state index contributed by atoms with van der Waals surface area (Å²) < 4.78 is 8.00.